The van der Waals surface area contributed by atoms with Crippen LogP contribution in [-0.4, -0.2) is 110 Å². The summed E-state index contributed by atoms with van der Waals surface area (Å²) in [7, 11) is -1.92. The number of aromatic hydroxyl groups is 1. The van der Waals surface area contributed by atoms with E-state index in [9.17, 15) is 33.0 Å². The standard InChI is InChI=1S/C23H35N5O6S.C3H5O2.H2O.Y/c1-14(2)28-23(32)20(21(30)19-6-5-9-27(19)28)22(31)24-15-10-16-7-8-17(11-15)26(16)13-18(29)12-25(3)35(4,33)34;1-2-3(4)5;;/h5-6,9,14-18,29-30H,7-8,10-13H2,1-4H3,(H,24,31);1-2H2,(H,4,5);1H2;/q;-1;;. The minimum absolute atomic E-state index is 0. The summed E-state index contributed by atoms with van der Waals surface area (Å²) in [4.78, 5) is 37.8. The number of carbonyl (C=O) groups excluding carboxylic acids is 1. The number of aromatic nitrogens is 2. The zero-order valence-electron chi connectivity index (χ0n) is 24.4. The summed E-state index contributed by atoms with van der Waals surface area (Å²) in [5, 5.41) is 31.8. The molecule has 16 heteroatoms. The molecule has 6 N–H and O–H groups in total. The van der Waals surface area contributed by atoms with Crippen molar-refractivity contribution in [2.24, 2.45) is 0 Å². The molecule has 42 heavy (non-hydrogen) atoms. The van der Waals surface area contributed by atoms with Crippen LogP contribution in [0.5, 0.6) is 5.75 Å². The van der Waals surface area contributed by atoms with Crippen molar-refractivity contribution in [2.45, 2.75) is 76.2 Å². The average Bonchev–Trinajstić information content (AvgIpc) is 3.40. The van der Waals surface area contributed by atoms with Crippen LogP contribution in [0.1, 0.15) is 62.4 Å². The molecule has 2 fully saturated rings. The van der Waals surface area contributed by atoms with E-state index >= 15 is 0 Å². The minimum Gasteiger partial charge on any atom is -0.505 e. The fourth-order valence-corrected chi connectivity index (χ4v) is 6.00. The van der Waals surface area contributed by atoms with E-state index in [1.54, 1.807) is 22.8 Å². The molecule has 0 aromatic carbocycles. The van der Waals surface area contributed by atoms with Crippen LogP contribution in [0.2, 0.25) is 0 Å². The molecule has 2 saturated heterocycles. The molecule has 235 valence electrons. The topological polar surface area (TPSA) is 205 Å². The quantitative estimate of drug-likeness (QED) is 0.258. The number of piperidine rings is 1. The second-order valence-electron chi connectivity index (χ2n) is 10.8. The summed E-state index contributed by atoms with van der Waals surface area (Å²) in [6.07, 6.45) is 5.10. The number of likely N-dealkylation sites (N-methyl/N-ethyl adjacent to an activating group) is 1. The molecule has 2 aromatic rings. The zero-order valence-corrected chi connectivity index (χ0v) is 28.1. The van der Waals surface area contributed by atoms with Gasteiger partial charge in [-0.3, -0.25) is 23.8 Å². The molecule has 2 aromatic heterocycles. The van der Waals surface area contributed by atoms with Gasteiger partial charge in [0.05, 0.1) is 12.4 Å². The maximum atomic E-state index is 13.2. The largest absolute Gasteiger partial charge is 0.505 e. The van der Waals surface area contributed by atoms with Crippen LogP contribution in [0, 0.1) is 6.92 Å². The Kier molecular flexibility index (Phi) is 14.3. The van der Waals surface area contributed by atoms with E-state index in [4.69, 9.17) is 5.11 Å². The Balaban J connectivity index is 0.00000116. The molecule has 1 radical (unpaired) electrons. The summed E-state index contributed by atoms with van der Waals surface area (Å²) >= 11 is 0. The number of carboxylic acid groups (broad SMARTS) is 1. The van der Waals surface area contributed by atoms with Gasteiger partial charge in [-0.05, 0) is 51.7 Å². The molecule has 3 unspecified atom stereocenters. The number of nitrogens with zero attached hydrogens (tertiary/aromatic N) is 4. The number of carboxylic acids is 1. The maximum Gasteiger partial charge on any atom is 0.282 e. The number of rotatable bonds is 9. The molecule has 3 atom stereocenters. The number of hydrogen-bond acceptors (Lipinski definition) is 8. The number of sulfonamides is 1. The molecule has 2 bridgehead atoms. The van der Waals surface area contributed by atoms with Crippen molar-refractivity contribution in [3.8, 4) is 5.75 Å². The third-order valence-electron chi connectivity index (χ3n) is 7.47. The van der Waals surface area contributed by atoms with Crippen LogP contribution in [-0.2, 0) is 47.5 Å². The summed E-state index contributed by atoms with van der Waals surface area (Å²) in [5.41, 5.74) is -0.400. The van der Waals surface area contributed by atoms with Crippen LogP contribution in [0.3, 0.4) is 0 Å². The third-order valence-corrected chi connectivity index (χ3v) is 8.75. The summed E-state index contributed by atoms with van der Waals surface area (Å²) in [5.74, 6) is -1.77. The first-order chi connectivity index (χ1) is 18.6. The van der Waals surface area contributed by atoms with E-state index in [1.807, 2.05) is 13.8 Å². The predicted molar refractivity (Wildman–Crippen MR) is 152 cm³/mol. The number of aliphatic carboxylic acids is 1. The van der Waals surface area contributed by atoms with Crippen LogP contribution >= 0.6 is 0 Å². The molecule has 1 amide bonds. The Morgan fingerprint density at radius 1 is 1.21 bits per heavy atom. The van der Waals surface area contributed by atoms with Crippen LogP contribution < -0.4 is 10.9 Å². The number of aliphatic hydroxyl groups is 1. The minimum atomic E-state index is -3.37. The van der Waals surface area contributed by atoms with Gasteiger partial charge in [0.15, 0.2) is 5.75 Å². The van der Waals surface area contributed by atoms with Crippen LogP contribution in [0.4, 0.5) is 0 Å². The summed E-state index contributed by atoms with van der Waals surface area (Å²) < 4.78 is 27.4. The molecule has 4 heterocycles. The van der Waals surface area contributed by atoms with Crippen molar-refractivity contribution >= 4 is 27.4 Å². The number of aliphatic hydroxyl groups excluding tert-OH is 1. The molecular formula is C26H42N5O9SY-. The maximum absolute atomic E-state index is 13.2. The van der Waals surface area contributed by atoms with E-state index in [-0.39, 0.29) is 86.6 Å². The van der Waals surface area contributed by atoms with Gasteiger partial charge in [-0.15, -0.1) is 0 Å². The Bertz CT molecular complexity index is 1380. The first-order valence-corrected chi connectivity index (χ1v) is 15.1. The van der Waals surface area contributed by atoms with Crippen molar-refractivity contribution in [1.82, 2.24) is 23.7 Å². The van der Waals surface area contributed by atoms with Gasteiger partial charge in [0.25, 0.3) is 17.4 Å². The molecule has 4 rings (SSSR count). The monoisotopic (exact) mass is 689 g/mol. The van der Waals surface area contributed by atoms with Crippen molar-refractivity contribution in [3.05, 3.63) is 41.2 Å². The molecule has 14 nitrogen and oxygen atoms in total. The molecule has 0 aliphatic carbocycles. The van der Waals surface area contributed by atoms with Gasteiger partial charge in [-0.2, -0.15) is 0 Å². The van der Waals surface area contributed by atoms with Gasteiger partial charge in [-0.25, -0.2) is 17.4 Å². The van der Waals surface area contributed by atoms with E-state index in [1.165, 1.54) is 11.7 Å². The van der Waals surface area contributed by atoms with Gasteiger partial charge >= 0.3 is 0 Å². The molecule has 0 spiro atoms. The molecule has 2 aliphatic rings. The van der Waals surface area contributed by atoms with Crippen LogP contribution in [0.15, 0.2) is 23.1 Å². The fourth-order valence-electron chi connectivity index (χ4n) is 5.56. The number of hydrogen-bond donors (Lipinski definition) is 4. The fraction of sp³-hybridized carbons (Fsp3) is 0.615. The van der Waals surface area contributed by atoms with Gasteiger partial charge in [-0.1, -0.05) is 6.42 Å². The second-order valence-corrected chi connectivity index (χ2v) is 12.9. The van der Waals surface area contributed by atoms with E-state index in [0.717, 1.165) is 23.4 Å². The van der Waals surface area contributed by atoms with Crippen molar-refractivity contribution in [2.75, 3.05) is 26.4 Å². The van der Waals surface area contributed by atoms with E-state index < -0.39 is 33.6 Å². The number of fused-ring (bicyclic) bond motifs is 3. The number of nitrogens with one attached hydrogen (secondary N) is 1. The molecule has 2 aliphatic heterocycles. The Labute approximate surface area is 270 Å². The first-order valence-electron chi connectivity index (χ1n) is 13.3. The summed E-state index contributed by atoms with van der Waals surface area (Å²) in [6, 6.07) is 3.29. The Hall–Kier alpha value is -1.88. The van der Waals surface area contributed by atoms with Gasteiger partial charge in [0.1, 0.15) is 11.1 Å². The van der Waals surface area contributed by atoms with Crippen molar-refractivity contribution < 1.29 is 71.5 Å². The Morgan fingerprint density at radius 2 is 1.76 bits per heavy atom. The normalized spacial score (nSPS) is 20.8. The SMILES string of the molecule is CC(C)n1c(=O)c(C(=O)NC2CC3CCC(C2)N3CC(O)CN(C)S(C)(=O)=O)c(O)c2cccn21.O.[CH2-]CC(=O)O.[Y]. The summed E-state index contributed by atoms with van der Waals surface area (Å²) in [6.45, 7) is 7.16. The molecule has 0 saturated carbocycles. The zero-order chi connectivity index (χ0) is 29.9. The van der Waals surface area contributed by atoms with Gasteiger partial charge < -0.3 is 33.0 Å². The van der Waals surface area contributed by atoms with Crippen molar-refractivity contribution in [3.63, 3.8) is 0 Å². The van der Waals surface area contributed by atoms with Crippen molar-refractivity contribution in [1.29, 1.82) is 0 Å². The average molecular weight is 690 g/mol. The first kappa shape index (κ1) is 38.1. The van der Waals surface area contributed by atoms with Gasteiger partial charge in [0, 0.05) is 83.2 Å². The number of carbonyl (C=O) groups is 2. The smallest absolute Gasteiger partial charge is 0.282 e. The molecular weight excluding hydrogens is 647 g/mol. The van der Waals surface area contributed by atoms with E-state index in [2.05, 4.69) is 17.1 Å². The predicted octanol–water partition coefficient (Wildman–Crippen LogP) is -0.167. The number of amides is 1. The second kappa shape index (κ2) is 15.7. The van der Waals surface area contributed by atoms with Gasteiger partial charge in [0.2, 0.25) is 10.0 Å². The van der Waals surface area contributed by atoms with Crippen LogP contribution in [0.25, 0.3) is 5.52 Å². The van der Waals surface area contributed by atoms with E-state index in [0.29, 0.717) is 24.9 Å². The Morgan fingerprint density at radius 3 is 2.24 bits per heavy atom. The third kappa shape index (κ3) is 8.83.